The molecule has 3 amide bonds. The predicted molar refractivity (Wildman–Crippen MR) is 132 cm³/mol. The highest BCUT2D eigenvalue weighted by molar-refractivity contribution is 7.12. The van der Waals surface area contributed by atoms with Gasteiger partial charge in [0.05, 0.1) is 15.6 Å². The first-order chi connectivity index (χ1) is 16.8. The molecule has 2 heterocycles. The Balaban J connectivity index is 1.38. The van der Waals surface area contributed by atoms with Crippen molar-refractivity contribution in [1.82, 2.24) is 16.3 Å². The molecule has 182 valence electrons. The van der Waals surface area contributed by atoms with Crippen LogP contribution in [0.25, 0.3) is 0 Å². The first kappa shape index (κ1) is 24.8. The van der Waals surface area contributed by atoms with Gasteiger partial charge in [0.1, 0.15) is 11.5 Å². The van der Waals surface area contributed by atoms with Gasteiger partial charge in [-0.3, -0.25) is 25.2 Å². The molecule has 0 radical (unpaired) electrons. The Morgan fingerprint density at radius 1 is 1.14 bits per heavy atom. The molecule has 0 fully saturated rings. The summed E-state index contributed by atoms with van der Waals surface area (Å²) in [5, 5.41) is 6.79. The lowest BCUT2D eigenvalue weighted by molar-refractivity contribution is -0.123. The van der Waals surface area contributed by atoms with E-state index in [2.05, 4.69) is 21.4 Å². The molecule has 0 saturated carbocycles. The van der Waals surface area contributed by atoms with Crippen molar-refractivity contribution in [3.63, 3.8) is 0 Å². The van der Waals surface area contributed by atoms with Crippen molar-refractivity contribution in [2.75, 3.05) is 6.61 Å². The van der Waals surface area contributed by atoms with Crippen molar-refractivity contribution in [3.05, 3.63) is 73.3 Å². The molecule has 0 bridgehead atoms. The summed E-state index contributed by atoms with van der Waals surface area (Å²) in [7, 11) is 0. The van der Waals surface area contributed by atoms with Crippen LogP contribution in [0, 0.1) is 6.92 Å². The lowest BCUT2D eigenvalue weighted by Gasteiger charge is -2.13. The summed E-state index contributed by atoms with van der Waals surface area (Å²) < 4.78 is 11.1. The van der Waals surface area contributed by atoms with Gasteiger partial charge in [-0.05, 0) is 49.4 Å². The van der Waals surface area contributed by atoms with Gasteiger partial charge in [0.25, 0.3) is 11.8 Å². The molecule has 4 rings (SSSR count). The average Bonchev–Trinajstić information content (AvgIpc) is 3.49. The molecule has 1 aliphatic carbocycles. The van der Waals surface area contributed by atoms with Crippen molar-refractivity contribution < 1.29 is 23.5 Å². The number of thiophene rings is 1. The number of hydrogen-bond acceptors (Lipinski definition) is 7. The summed E-state index contributed by atoms with van der Waals surface area (Å²) in [6.07, 6.45) is 2.01. The minimum Gasteiger partial charge on any atom is -0.482 e. The number of ether oxygens (including phenoxy) is 1. The number of halogens is 2. The van der Waals surface area contributed by atoms with Gasteiger partial charge in [0.15, 0.2) is 12.4 Å². The largest absolute Gasteiger partial charge is 0.482 e. The molecule has 9 nitrogen and oxygen atoms in total. The van der Waals surface area contributed by atoms with Gasteiger partial charge in [-0.2, -0.15) is 5.10 Å². The normalized spacial score (nSPS) is 13.7. The second-order valence-corrected chi connectivity index (χ2v) is 9.34. The molecule has 1 aliphatic rings. The van der Waals surface area contributed by atoms with Crippen LogP contribution in [0.1, 0.15) is 50.0 Å². The van der Waals surface area contributed by atoms with Crippen molar-refractivity contribution in [3.8, 4) is 5.75 Å². The van der Waals surface area contributed by atoms with Crippen molar-refractivity contribution >= 4 is 58.0 Å². The Labute approximate surface area is 214 Å². The molecule has 35 heavy (non-hydrogen) atoms. The van der Waals surface area contributed by atoms with Crippen LogP contribution in [0.3, 0.4) is 0 Å². The molecule has 2 aromatic heterocycles. The topological polar surface area (TPSA) is 122 Å². The fourth-order valence-electron chi connectivity index (χ4n) is 3.53. The fraction of sp³-hybridized carbons (Fsp3) is 0.217. The van der Waals surface area contributed by atoms with Gasteiger partial charge in [0.2, 0.25) is 0 Å². The highest BCUT2D eigenvalue weighted by Crippen LogP contribution is 2.30. The van der Waals surface area contributed by atoms with Crippen LogP contribution >= 0.6 is 34.5 Å². The van der Waals surface area contributed by atoms with Crippen molar-refractivity contribution in [1.29, 1.82) is 0 Å². The molecule has 1 aromatic carbocycles. The molecule has 0 spiro atoms. The van der Waals surface area contributed by atoms with E-state index in [1.165, 1.54) is 23.5 Å². The van der Waals surface area contributed by atoms with Crippen LogP contribution in [-0.2, 0) is 11.2 Å². The number of hydrazine groups is 1. The van der Waals surface area contributed by atoms with E-state index in [1.807, 2.05) is 5.38 Å². The van der Waals surface area contributed by atoms with Gasteiger partial charge in [-0.25, -0.2) is 5.43 Å². The van der Waals surface area contributed by atoms with E-state index in [1.54, 1.807) is 25.1 Å². The lowest BCUT2D eigenvalue weighted by Crippen LogP contribution is -2.43. The predicted octanol–water partition coefficient (Wildman–Crippen LogP) is 4.27. The van der Waals surface area contributed by atoms with E-state index < -0.39 is 11.8 Å². The van der Waals surface area contributed by atoms with E-state index in [0.717, 1.165) is 6.42 Å². The summed E-state index contributed by atoms with van der Waals surface area (Å²) in [4.78, 5) is 37.6. The first-order valence-electron chi connectivity index (χ1n) is 10.5. The minimum absolute atomic E-state index is 0.0520. The maximum atomic E-state index is 12.7. The maximum absolute atomic E-state index is 12.7. The molecule has 0 aliphatic heterocycles. The van der Waals surface area contributed by atoms with Crippen LogP contribution in [-0.4, -0.2) is 30.0 Å². The summed E-state index contributed by atoms with van der Waals surface area (Å²) >= 11 is 13.2. The Kier molecular flexibility index (Phi) is 7.74. The number of carbonyl (C=O) groups is 3. The Morgan fingerprint density at radius 2 is 1.97 bits per heavy atom. The molecule has 0 atom stereocenters. The van der Waals surface area contributed by atoms with Crippen LogP contribution in [0.5, 0.6) is 5.75 Å². The Hall–Kier alpha value is -3.34. The second-order valence-electron chi connectivity index (χ2n) is 7.55. The molecule has 3 aromatic rings. The fourth-order valence-corrected chi connectivity index (χ4v) is 4.61. The molecule has 12 heteroatoms. The third-order valence-corrected chi connectivity index (χ3v) is 6.54. The standard InChI is InChI=1S/C23H20Cl2N4O5S/c1-12-20-15(26-28-22(31)18-6-3-9-35-18)4-2-5-17(20)34-21(12)23(32)29-27-19(30)11-33-16-8-7-13(24)10-14(16)25/h3,6-10H,2,4-5,11H2,1H3,(H,27,30)(H,28,31)(H,29,32)/b26-15+. The van der Waals surface area contributed by atoms with E-state index in [-0.39, 0.29) is 29.0 Å². The zero-order valence-electron chi connectivity index (χ0n) is 18.4. The summed E-state index contributed by atoms with van der Waals surface area (Å²) in [6, 6.07) is 8.10. The number of amides is 3. The SMILES string of the molecule is Cc1c(C(=O)NNC(=O)COc2ccc(Cl)cc2Cl)oc2c1/C(=N/NC(=O)c1cccs1)CCC2. The molecular weight excluding hydrogens is 515 g/mol. The lowest BCUT2D eigenvalue weighted by atomic mass is 9.93. The monoisotopic (exact) mass is 534 g/mol. The van der Waals surface area contributed by atoms with Crippen LogP contribution < -0.4 is 21.0 Å². The number of hydrazone groups is 1. The summed E-state index contributed by atoms with van der Waals surface area (Å²) in [5.41, 5.74) is 9.06. The van der Waals surface area contributed by atoms with Gasteiger partial charge < -0.3 is 9.15 Å². The van der Waals surface area contributed by atoms with Crippen molar-refractivity contribution in [2.45, 2.75) is 26.2 Å². The van der Waals surface area contributed by atoms with E-state index >= 15 is 0 Å². The van der Waals surface area contributed by atoms with Gasteiger partial charge in [0, 0.05) is 22.6 Å². The number of fused-ring (bicyclic) bond motifs is 1. The highest BCUT2D eigenvalue weighted by Gasteiger charge is 2.28. The molecular formula is C23H20Cl2N4O5S. The van der Waals surface area contributed by atoms with E-state index in [9.17, 15) is 14.4 Å². The number of furan rings is 1. The van der Waals surface area contributed by atoms with Crippen LogP contribution in [0.15, 0.2) is 45.2 Å². The Morgan fingerprint density at radius 3 is 2.71 bits per heavy atom. The zero-order valence-corrected chi connectivity index (χ0v) is 20.8. The zero-order chi connectivity index (χ0) is 24.9. The van der Waals surface area contributed by atoms with Gasteiger partial charge in [-0.1, -0.05) is 29.3 Å². The quantitative estimate of drug-likeness (QED) is 0.407. The number of rotatable bonds is 6. The minimum atomic E-state index is -0.628. The van der Waals surface area contributed by atoms with Gasteiger partial charge in [-0.15, -0.1) is 11.3 Å². The Bertz CT molecular complexity index is 1300. The second kappa shape index (κ2) is 10.9. The van der Waals surface area contributed by atoms with E-state index in [4.69, 9.17) is 32.4 Å². The highest BCUT2D eigenvalue weighted by atomic mass is 35.5. The summed E-state index contributed by atoms with van der Waals surface area (Å²) in [6.45, 7) is 1.35. The number of nitrogens with zero attached hydrogens (tertiary/aromatic N) is 1. The number of carbonyl (C=O) groups excluding carboxylic acids is 3. The van der Waals surface area contributed by atoms with Crippen LogP contribution in [0.4, 0.5) is 0 Å². The summed E-state index contributed by atoms with van der Waals surface area (Å²) in [5.74, 6) is -0.589. The first-order valence-corrected chi connectivity index (χ1v) is 12.2. The van der Waals surface area contributed by atoms with E-state index in [0.29, 0.717) is 45.3 Å². The molecule has 0 saturated heterocycles. The number of benzene rings is 1. The number of nitrogens with one attached hydrogen (secondary N) is 3. The third-order valence-electron chi connectivity index (χ3n) is 5.14. The van der Waals surface area contributed by atoms with Crippen LogP contribution in [0.2, 0.25) is 10.0 Å². The average molecular weight is 535 g/mol. The maximum Gasteiger partial charge on any atom is 0.305 e. The smallest absolute Gasteiger partial charge is 0.305 e. The third kappa shape index (κ3) is 5.84. The number of aryl methyl sites for hydroxylation is 1. The number of hydrogen-bond donors (Lipinski definition) is 3. The molecule has 3 N–H and O–H groups in total. The van der Waals surface area contributed by atoms with Crippen molar-refractivity contribution in [2.24, 2.45) is 5.10 Å². The molecule has 0 unspecified atom stereocenters. The van der Waals surface area contributed by atoms with Gasteiger partial charge >= 0.3 is 5.91 Å².